The van der Waals surface area contributed by atoms with Crippen LogP contribution in [-0.4, -0.2) is 47.4 Å². The largest absolute Gasteiger partial charge is 0.396 e. The summed E-state index contributed by atoms with van der Waals surface area (Å²) < 4.78 is 28.4. The lowest BCUT2D eigenvalue weighted by molar-refractivity contribution is -0.121. The average molecular weight is 455 g/mol. The van der Waals surface area contributed by atoms with Gasteiger partial charge in [-0.25, -0.2) is 13.7 Å². The molecule has 2 aromatic rings. The number of aliphatic hydroxyl groups excluding tert-OH is 1. The Bertz CT molecular complexity index is 1150. The number of amides is 3. The van der Waals surface area contributed by atoms with Crippen molar-refractivity contribution in [1.82, 2.24) is 4.90 Å². The van der Waals surface area contributed by atoms with Crippen LogP contribution in [0, 0.1) is 17.6 Å². The molecule has 1 fully saturated rings. The predicted molar refractivity (Wildman–Crippen MR) is 118 cm³/mol. The van der Waals surface area contributed by atoms with E-state index in [1.807, 2.05) is 0 Å². The lowest BCUT2D eigenvalue weighted by Crippen LogP contribution is -2.40. The topological polar surface area (TPSA) is 90.0 Å². The summed E-state index contributed by atoms with van der Waals surface area (Å²) in [6, 6.07) is 8.96. The summed E-state index contributed by atoms with van der Waals surface area (Å²) in [5, 5.41) is 12.3. The van der Waals surface area contributed by atoms with Crippen LogP contribution < -0.4 is 10.2 Å². The highest BCUT2D eigenvalue weighted by molar-refractivity contribution is 6.45. The first-order valence-corrected chi connectivity index (χ1v) is 10.6. The van der Waals surface area contributed by atoms with Gasteiger partial charge < -0.3 is 15.3 Å². The van der Waals surface area contributed by atoms with E-state index in [9.17, 15) is 28.3 Å². The normalized spacial score (nSPS) is 18.8. The number of carbonyl (C=O) groups is 3. The summed E-state index contributed by atoms with van der Waals surface area (Å²) >= 11 is 0. The van der Waals surface area contributed by atoms with Gasteiger partial charge in [0.25, 0.3) is 11.8 Å². The summed E-state index contributed by atoms with van der Waals surface area (Å²) in [5.41, 5.74) is 0.619. The zero-order chi connectivity index (χ0) is 23.7. The highest BCUT2D eigenvalue weighted by atomic mass is 19.1. The standard InChI is InChI=1S/C24H23F2N3O4/c1-14(31)27-18-7-4-16(5-8-18)21-22(28-10-2-3-15(12-28)13-30)24(33)29(23(21)32)20-11-17(25)6-9-19(20)26/h4-9,11,15,30H,2-3,10,12-13H2,1H3,(H,27,31). The third kappa shape index (κ3) is 4.36. The summed E-state index contributed by atoms with van der Waals surface area (Å²) in [7, 11) is 0. The van der Waals surface area contributed by atoms with Crippen molar-refractivity contribution >= 4 is 34.7 Å². The number of benzene rings is 2. The molecule has 0 radical (unpaired) electrons. The SMILES string of the molecule is CC(=O)Nc1ccc(C2=C(N3CCCC(CO)C3)C(=O)N(c3cc(F)ccc3F)C2=O)cc1. The number of piperidine rings is 1. The molecule has 0 saturated carbocycles. The summed E-state index contributed by atoms with van der Waals surface area (Å²) in [6.45, 7) is 2.15. The van der Waals surface area contributed by atoms with Gasteiger partial charge >= 0.3 is 0 Å². The second-order valence-corrected chi connectivity index (χ2v) is 8.16. The molecule has 0 bridgehead atoms. The molecule has 0 aliphatic carbocycles. The molecule has 0 spiro atoms. The fourth-order valence-corrected chi connectivity index (χ4v) is 4.29. The highest BCUT2D eigenvalue weighted by Crippen LogP contribution is 2.37. The molecule has 1 saturated heterocycles. The molecule has 2 aliphatic heterocycles. The van der Waals surface area contributed by atoms with Crippen LogP contribution in [0.1, 0.15) is 25.3 Å². The Labute approximate surface area is 189 Å². The van der Waals surface area contributed by atoms with Crippen LogP contribution in [0.25, 0.3) is 5.57 Å². The smallest absolute Gasteiger partial charge is 0.282 e. The van der Waals surface area contributed by atoms with E-state index >= 15 is 0 Å². The number of hydrogen-bond acceptors (Lipinski definition) is 5. The van der Waals surface area contributed by atoms with Crippen LogP contribution in [0.15, 0.2) is 48.2 Å². The maximum atomic E-state index is 14.5. The van der Waals surface area contributed by atoms with E-state index in [4.69, 9.17) is 0 Å². The second-order valence-electron chi connectivity index (χ2n) is 8.16. The minimum atomic E-state index is -0.897. The third-order valence-corrected chi connectivity index (χ3v) is 5.80. The number of hydrogen-bond donors (Lipinski definition) is 2. The van der Waals surface area contributed by atoms with Gasteiger partial charge in [0.1, 0.15) is 17.3 Å². The van der Waals surface area contributed by atoms with E-state index in [2.05, 4.69) is 5.32 Å². The second kappa shape index (κ2) is 9.11. The zero-order valence-corrected chi connectivity index (χ0v) is 18.0. The van der Waals surface area contributed by atoms with Crippen LogP contribution in [0.5, 0.6) is 0 Å². The quantitative estimate of drug-likeness (QED) is 0.677. The number of halogens is 2. The summed E-state index contributed by atoms with van der Waals surface area (Å²) in [5.74, 6) is -3.52. The van der Waals surface area contributed by atoms with Gasteiger partial charge in [0.2, 0.25) is 5.91 Å². The van der Waals surface area contributed by atoms with Crippen molar-refractivity contribution < 1.29 is 28.3 Å². The van der Waals surface area contributed by atoms with Gasteiger partial charge in [0, 0.05) is 38.4 Å². The molecule has 2 heterocycles. The van der Waals surface area contributed by atoms with E-state index in [0.717, 1.165) is 24.6 Å². The van der Waals surface area contributed by atoms with E-state index in [1.54, 1.807) is 29.2 Å². The Kier molecular flexibility index (Phi) is 6.24. The van der Waals surface area contributed by atoms with Crippen molar-refractivity contribution in [1.29, 1.82) is 0 Å². The van der Waals surface area contributed by atoms with Crippen LogP contribution in [0.3, 0.4) is 0 Å². The van der Waals surface area contributed by atoms with Crippen molar-refractivity contribution in [2.24, 2.45) is 5.92 Å². The zero-order valence-electron chi connectivity index (χ0n) is 18.0. The molecule has 2 aromatic carbocycles. The molecule has 2 N–H and O–H groups in total. The van der Waals surface area contributed by atoms with Crippen LogP contribution in [0.2, 0.25) is 0 Å². The van der Waals surface area contributed by atoms with Crippen molar-refractivity contribution in [2.75, 3.05) is 29.9 Å². The number of nitrogens with zero attached hydrogens (tertiary/aromatic N) is 2. The van der Waals surface area contributed by atoms with Gasteiger partial charge in [-0.1, -0.05) is 12.1 Å². The molecule has 7 nitrogen and oxygen atoms in total. The molecule has 33 heavy (non-hydrogen) atoms. The fourth-order valence-electron chi connectivity index (χ4n) is 4.29. The number of imide groups is 1. The predicted octanol–water partition coefficient (Wildman–Crippen LogP) is 2.91. The van der Waals surface area contributed by atoms with Gasteiger partial charge in [-0.15, -0.1) is 0 Å². The molecule has 4 rings (SSSR count). The van der Waals surface area contributed by atoms with E-state index in [1.165, 1.54) is 6.92 Å². The van der Waals surface area contributed by atoms with Gasteiger partial charge in [0.15, 0.2) is 0 Å². The van der Waals surface area contributed by atoms with E-state index in [0.29, 0.717) is 35.7 Å². The first-order chi connectivity index (χ1) is 15.8. The Morgan fingerprint density at radius 3 is 2.52 bits per heavy atom. The molecular weight excluding hydrogens is 432 g/mol. The maximum Gasteiger partial charge on any atom is 0.282 e. The molecule has 3 amide bonds. The van der Waals surface area contributed by atoms with Crippen molar-refractivity contribution in [3.8, 4) is 0 Å². The highest BCUT2D eigenvalue weighted by Gasteiger charge is 2.44. The summed E-state index contributed by atoms with van der Waals surface area (Å²) in [4.78, 5) is 40.6. The lowest BCUT2D eigenvalue weighted by Gasteiger charge is -2.34. The van der Waals surface area contributed by atoms with Crippen molar-refractivity contribution in [3.05, 3.63) is 65.4 Å². The van der Waals surface area contributed by atoms with Crippen molar-refractivity contribution in [2.45, 2.75) is 19.8 Å². The molecule has 2 aliphatic rings. The van der Waals surface area contributed by atoms with Gasteiger partial charge in [0.05, 0.1) is 11.3 Å². The van der Waals surface area contributed by atoms with Gasteiger partial charge in [-0.3, -0.25) is 14.4 Å². The fraction of sp³-hybridized carbons (Fsp3) is 0.292. The average Bonchev–Trinajstić information content (AvgIpc) is 3.05. The number of anilines is 2. The number of nitrogens with one attached hydrogen (secondary N) is 1. The summed E-state index contributed by atoms with van der Waals surface area (Å²) in [6.07, 6.45) is 1.49. The van der Waals surface area contributed by atoms with Crippen LogP contribution in [0.4, 0.5) is 20.2 Å². The number of rotatable bonds is 5. The van der Waals surface area contributed by atoms with Crippen molar-refractivity contribution in [3.63, 3.8) is 0 Å². The van der Waals surface area contributed by atoms with Gasteiger partial charge in [-0.05, 0) is 48.6 Å². The minimum Gasteiger partial charge on any atom is -0.396 e. The van der Waals surface area contributed by atoms with E-state index in [-0.39, 0.29) is 29.7 Å². The Morgan fingerprint density at radius 2 is 1.85 bits per heavy atom. The monoisotopic (exact) mass is 455 g/mol. The Morgan fingerprint density at radius 1 is 1.12 bits per heavy atom. The first kappa shape index (κ1) is 22.6. The molecular formula is C24H23F2N3O4. The molecule has 9 heteroatoms. The maximum absolute atomic E-state index is 14.5. The number of aliphatic hydroxyl groups is 1. The number of likely N-dealkylation sites (tertiary alicyclic amines) is 1. The Hall–Kier alpha value is -3.59. The van der Waals surface area contributed by atoms with Gasteiger partial charge in [-0.2, -0.15) is 0 Å². The third-order valence-electron chi connectivity index (χ3n) is 5.80. The van der Waals surface area contributed by atoms with Crippen LogP contribution >= 0.6 is 0 Å². The minimum absolute atomic E-state index is 0.0606. The number of carbonyl (C=O) groups excluding carboxylic acids is 3. The molecule has 1 atom stereocenters. The molecule has 1 unspecified atom stereocenters. The Balaban J connectivity index is 1.81. The molecule has 172 valence electrons. The molecule has 0 aromatic heterocycles. The lowest BCUT2D eigenvalue weighted by atomic mass is 9.97. The van der Waals surface area contributed by atoms with E-state index < -0.39 is 29.1 Å². The van der Waals surface area contributed by atoms with Crippen LogP contribution in [-0.2, 0) is 14.4 Å². The first-order valence-electron chi connectivity index (χ1n) is 10.6.